The van der Waals surface area contributed by atoms with E-state index in [-0.39, 0.29) is 46.6 Å². The molecule has 3 aromatic carbocycles. The zero-order valence-electron chi connectivity index (χ0n) is 33.9. The molecule has 1 saturated carbocycles. The number of rotatable bonds is 13. The van der Waals surface area contributed by atoms with Gasteiger partial charge >= 0.3 is 0 Å². The smallest absolute Gasteiger partial charge is 0.293 e. The minimum atomic E-state index is -4.58. The predicted molar refractivity (Wildman–Crippen MR) is 228 cm³/mol. The highest BCUT2D eigenvalue weighted by atomic mass is 32.2. The topological polar surface area (TPSA) is 192 Å². The Labute approximate surface area is 357 Å². The molecule has 2 amide bonds. The van der Waals surface area contributed by atoms with E-state index in [9.17, 15) is 32.5 Å². The average Bonchev–Trinajstić information content (AvgIpc) is 4.02. The second-order valence-electron chi connectivity index (χ2n) is 16.5. The van der Waals surface area contributed by atoms with Crippen LogP contribution in [0.15, 0.2) is 84.0 Å². The van der Waals surface area contributed by atoms with E-state index in [0.717, 1.165) is 54.0 Å². The van der Waals surface area contributed by atoms with Crippen LogP contribution in [0, 0.1) is 27.8 Å². The van der Waals surface area contributed by atoms with Crippen molar-refractivity contribution in [3.63, 3.8) is 0 Å². The van der Waals surface area contributed by atoms with Gasteiger partial charge in [0.2, 0.25) is 5.91 Å². The monoisotopic (exact) mass is 866 g/mol. The maximum absolute atomic E-state index is 14.2. The molecule has 5 aromatic rings. The van der Waals surface area contributed by atoms with Gasteiger partial charge in [0.05, 0.1) is 21.6 Å². The number of carbonyl (C=O) groups is 2. The van der Waals surface area contributed by atoms with Crippen LogP contribution in [0.5, 0.6) is 11.5 Å². The summed E-state index contributed by atoms with van der Waals surface area (Å²) in [5, 5.41) is 15.9. The van der Waals surface area contributed by atoms with Gasteiger partial charge in [-0.15, -0.1) is 0 Å². The molecule has 9 rings (SSSR count). The van der Waals surface area contributed by atoms with Gasteiger partial charge in [-0.2, -0.15) is 0 Å². The number of H-pyrrole nitrogens is 1. The van der Waals surface area contributed by atoms with Crippen LogP contribution in [0.2, 0.25) is 0 Å². The zero-order valence-corrected chi connectivity index (χ0v) is 34.7. The Kier molecular flexibility index (Phi) is 11.5. The van der Waals surface area contributed by atoms with Gasteiger partial charge in [-0.05, 0) is 97.7 Å². The third-order valence-corrected chi connectivity index (χ3v) is 13.6. The molecule has 3 N–H and O–H groups in total. The first-order chi connectivity index (χ1) is 30.0. The Balaban J connectivity index is 0.917. The number of pyridine rings is 1. The number of carbonyl (C=O) groups excluding carboxylic acids is 2. The fourth-order valence-electron chi connectivity index (χ4n) is 8.59. The van der Waals surface area contributed by atoms with Gasteiger partial charge in [0, 0.05) is 100 Å². The third kappa shape index (κ3) is 9.07. The van der Waals surface area contributed by atoms with Crippen molar-refractivity contribution >= 4 is 49.9 Å². The van der Waals surface area contributed by atoms with Crippen molar-refractivity contribution in [2.45, 2.75) is 49.6 Å². The Morgan fingerprint density at radius 1 is 0.968 bits per heavy atom. The molecule has 324 valence electrons. The largest absolute Gasteiger partial charge is 0.455 e. The summed E-state index contributed by atoms with van der Waals surface area (Å²) in [6.07, 6.45) is 7.25. The van der Waals surface area contributed by atoms with Crippen molar-refractivity contribution in [1.29, 1.82) is 0 Å². The standard InChI is InChI=1S/C44H47FN8O8S/c45-33-4-3-31-26-52(44(55)29-1-2-29)35(20-32(31)19-33)27-50-13-15-51(16-14-50)34-5-7-38(41(22-34)61-36-21-30-9-12-46-42(30)48-25-36)43(54)49-62(58,59)37-6-8-39(40(23-37)53(56)57)47-24-28-10-17-60-18-11-28/h3-9,12,19,21-23,25,28-29,35,47H,1-2,10-11,13-18,20,24,26-27H2,(H,46,48)(H,49,54)/t35-/m0/s1. The Hall–Kier alpha value is -6.11. The number of amides is 2. The molecule has 16 nitrogen and oxygen atoms in total. The Bertz CT molecular complexity index is 2620. The van der Waals surface area contributed by atoms with E-state index in [1.165, 1.54) is 30.5 Å². The minimum absolute atomic E-state index is 0.0708. The summed E-state index contributed by atoms with van der Waals surface area (Å²) < 4.78 is 55.3. The van der Waals surface area contributed by atoms with Crippen molar-refractivity contribution in [1.82, 2.24) is 24.5 Å². The van der Waals surface area contributed by atoms with Crippen molar-refractivity contribution < 1.29 is 36.8 Å². The van der Waals surface area contributed by atoms with E-state index in [1.54, 1.807) is 36.5 Å². The number of aromatic nitrogens is 2. The lowest BCUT2D eigenvalue weighted by molar-refractivity contribution is -0.384. The van der Waals surface area contributed by atoms with Crippen LogP contribution in [0.3, 0.4) is 0 Å². The molecule has 1 atom stereocenters. The maximum atomic E-state index is 14.2. The number of nitro benzene ring substituents is 1. The van der Waals surface area contributed by atoms with Gasteiger partial charge in [0.1, 0.15) is 28.7 Å². The van der Waals surface area contributed by atoms with Crippen LogP contribution in [-0.2, 0) is 32.5 Å². The number of aromatic amines is 1. The second kappa shape index (κ2) is 17.3. The number of nitro groups is 1. The first kappa shape index (κ1) is 41.3. The predicted octanol–water partition coefficient (Wildman–Crippen LogP) is 5.85. The highest BCUT2D eigenvalue weighted by Crippen LogP contribution is 2.36. The molecule has 3 aliphatic heterocycles. The van der Waals surface area contributed by atoms with Crippen molar-refractivity contribution in [3.05, 3.63) is 112 Å². The molecule has 0 radical (unpaired) electrons. The van der Waals surface area contributed by atoms with E-state index in [1.807, 2.05) is 11.0 Å². The van der Waals surface area contributed by atoms with E-state index in [2.05, 4.69) is 29.8 Å². The number of piperazine rings is 1. The maximum Gasteiger partial charge on any atom is 0.293 e. The fourth-order valence-corrected chi connectivity index (χ4v) is 9.58. The lowest BCUT2D eigenvalue weighted by Crippen LogP contribution is -2.54. The number of hydrogen-bond donors (Lipinski definition) is 3. The molecular formula is C44H47FN8O8S. The molecule has 1 aliphatic carbocycles. The molecule has 62 heavy (non-hydrogen) atoms. The van der Waals surface area contributed by atoms with Crippen LogP contribution in [0.25, 0.3) is 11.0 Å². The summed E-state index contributed by atoms with van der Waals surface area (Å²) in [6.45, 7) is 5.41. The summed E-state index contributed by atoms with van der Waals surface area (Å²) in [5.74, 6) is -0.373. The number of nitrogens with one attached hydrogen (secondary N) is 3. The number of sulfonamides is 1. The van der Waals surface area contributed by atoms with Crippen LogP contribution >= 0.6 is 0 Å². The summed E-state index contributed by atoms with van der Waals surface area (Å²) in [6, 6.07) is 16.7. The first-order valence-electron chi connectivity index (χ1n) is 20.9. The number of nitrogens with zero attached hydrogens (tertiary/aromatic N) is 5. The van der Waals surface area contributed by atoms with E-state index in [4.69, 9.17) is 9.47 Å². The van der Waals surface area contributed by atoms with E-state index >= 15 is 0 Å². The second-order valence-corrected chi connectivity index (χ2v) is 18.2. The number of halogens is 1. The van der Waals surface area contributed by atoms with Crippen molar-refractivity contribution in [2.75, 3.05) is 62.7 Å². The summed E-state index contributed by atoms with van der Waals surface area (Å²) in [5.41, 5.74) is 2.97. The van der Waals surface area contributed by atoms with Gasteiger partial charge in [-0.25, -0.2) is 22.5 Å². The molecule has 18 heteroatoms. The van der Waals surface area contributed by atoms with Crippen molar-refractivity contribution in [2.24, 2.45) is 11.8 Å². The number of hydrogen-bond acceptors (Lipinski definition) is 12. The normalized spacial score (nSPS) is 18.6. The highest BCUT2D eigenvalue weighted by molar-refractivity contribution is 7.90. The lowest BCUT2D eigenvalue weighted by Gasteiger charge is -2.42. The molecule has 0 spiro atoms. The Morgan fingerprint density at radius 2 is 1.77 bits per heavy atom. The van der Waals surface area contributed by atoms with Crippen LogP contribution < -0.4 is 19.7 Å². The molecule has 3 fully saturated rings. The van der Waals surface area contributed by atoms with Crippen LogP contribution in [-0.4, -0.2) is 103 Å². The zero-order chi connectivity index (χ0) is 43.0. The Morgan fingerprint density at radius 3 is 2.55 bits per heavy atom. The molecule has 0 bridgehead atoms. The van der Waals surface area contributed by atoms with Gasteiger partial charge < -0.3 is 29.6 Å². The highest BCUT2D eigenvalue weighted by Gasteiger charge is 2.39. The molecule has 5 heterocycles. The van der Waals surface area contributed by atoms with Gasteiger partial charge in [0.15, 0.2) is 0 Å². The van der Waals surface area contributed by atoms with Gasteiger partial charge in [0.25, 0.3) is 21.6 Å². The SMILES string of the molecule is O=C(NS(=O)(=O)c1ccc(NCC2CCOCC2)c([N+](=O)[O-])c1)c1ccc(N2CCN(C[C@@H]3Cc4cc(F)ccc4CN3C(=O)C3CC3)CC2)cc1Oc1cnc2[nH]ccc2c1. The van der Waals surface area contributed by atoms with Crippen LogP contribution in [0.4, 0.5) is 21.5 Å². The minimum Gasteiger partial charge on any atom is -0.455 e. The van der Waals surface area contributed by atoms with E-state index in [0.29, 0.717) is 76.8 Å². The summed E-state index contributed by atoms with van der Waals surface area (Å²) in [4.78, 5) is 52.1. The number of benzene rings is 3. The molecule has 0 unspecified atom stereocenters. The number of fused-ring (bicyclic) bond motifs is 2. The van der Waals surface area contributed by atoms with Crippen LogP contribution in [0.1, 0.15) is 47.2 Å². The molecule has 4 aliphatic rings. The first-order valence-corrected chi connectivity index (χ1v) is 22.4. The van der Waals surface area contributed by atoms with Crippen molar-refractivity contribution in [3.8, 4) is 11.5 Å². The number of anilines is 2. The summed E-state index contributed by atoms with van der Waals surface area (Å²) >= 11 is 0. The van der Waals surface area contributed by atoms with Gasteiger partial charge in [-0.1, -0.05) is 6.07 Å². The van der Waals surface area contributed by atoms with Gasteiger partial charge in [-0.3, -0.25) is 24.6 Å². The molecule has 2 saturated heterocycles. The fraction of sp³-hybridized carbons (Fsp3) is 0.386. The van der Waals surface area contributed by atoms with E-state index < -0.39 is 31.4 Å². The third-order valence-electron chi connectivity index (χ3n) is 12.3. The average molecular weight is 867 g/mol. The molecular weight excluding hydrogens is 820 g/mol. The quantitative estimate of drug-likeness (QED) is 0.0947. The number of ether oxygens (including phenoxy) is 2. The molecule has 2 aromatic heterocycles. The lowest BCUT2D eigenvalue weighted by atomic mass is 9.92. The summed E-state index contributed by atoms with van der Waals surface area (Å²) in [7, 11) is -4.58.